The number of hydrogen-bond acceptors (Lipinski definition) is 3. The fourth-order valence-corrected chi connectivity index (χ4v) is 2.74. The van der Waals surface area contributed by atoms with Gasteiger partial charge >= 0.3 is 5.97 Å². The van der Waals surface area contributed by atoms with Crippen LogP contribution in [-0.4, -0.2) is 16.1 Å². The van der Waals surface area contributed by atoms with Crippen LogP contribution in [0.5, 0.6) is 0 Å². The predicted molar refractivity (Wildman–Crippen MR) is 76.7 cm³/mol. The van der Waals surface area contributed by atoms with Crippen molar-refractivity contribution in [2.75, 3.05) is 0 Å². The van der Waals surface area contributed by atoms with Gasteiger partial charge in [-0.25, -0.2) is 9.78 Å². The molecule has 19 heavy (non-hydrogen) atoms. The van der Waals surface area contributed by atoms with Crippen molar-refractivity contribution in [2.45, 2.75) is 24.6 Å². The van der Waals surface area contributed by atoms with Crippen LogP contribution in [0.25, 0.3) is 0 Å². The second-order valence-electron chi connectivity index (χ2n) is 4.45. The van der Waals surface area contributed by atoms with E-state index in [1.807, 2.05) is 6.07 Å². The molecule has 0 spiro atoms. The number of carboxylic acid groups (broad SMARTS) is 1. The molecule has 0 saturated carbocycles. The van der Waals surface area contributed by atoms with E-state index in [0.717, 1.165) is 10.8 Å². The zero-order valence-corrected chi connectivity index (χ0v) is 11.7. The van der Waals surface area contributed by atoms with Crippen molar-refractivity contribution in [3.63, 3.8) is 0 Å². The standard InChI is InChI=1S/C15H15NO2S/c1-10-6-11(2)8-12(7-10)9-19-14-5-3-4-13(16-14)15(17)18/h3-8H,9H2,1-2H3,(H,17,18). The number of carboxylic acids is 1. The lowest BCUT2D eigenvalue weighted by atomic mass is 10.1. The van der Waals surface area contributed by atoms with E-state index in [0.29, 0.717) is 0 Å². The fourth-order valence-electron chi connectivity index (χ4n) is 1.92. The molecule has 2 rings (SSSR count). The number of hydrogen-bond donors (Lipinski definition) is 1. The Bertz CT molecular complexity index is 591. The summed E-state index contributed by atoms with van der Waals surface area (Å²) >= 11 is 1.55. The monoisotopic (exact) mass is 273 g/mol. The van der Waals surface area contributed by atoms with E-state index in [4.69, 9.17) is 5.11 Å². The second kappa shape index (κ2) is 5.89. The maximum atomic E-state index is 10.8. The topological polar surface area (TPSA) is 50.2 Å². The summed E-state index contributed by atoms with van der Waals surface area (Å²) in [7, 11) is 0. The van der Waals surface area contributed by atoms with Crippen LogP contribution in [0.4, 0.5) is 0 Å². The summed E-state index contributed by atoms with van der Waals surface area (Å²) in [5.74, 6) is -0.202. The Balaban J connectivity index is 2.10. The lowest BCUT2D eigenvalue weighted by Gasteiger charge is -2.05. The normalized spacial score (nSPS) is 10.4. The molecule has 1 aromatic heterocycles. The van der Waals surface area contributed by atoms with Gasteiger partial charge in [0.2, 0.25) is 0 Å². The first-order chi connectivity index (χ1) is 9.04. The van der Waals surface area contributed by atoms with Crippen molar-refractivity contribution < 1.29 is 9.90 Å². The first-order valence-electron chi connectivity index (χ1n) is 5.95. The van der Waals surface area contributed by atoms with Gasteiger partial charge in [0.05, 0.1) is 5.03 Å². The van der Waals surface area contributed by atoms with E-state index in [9.17, 15) is 4.79 Å². The van der Waals surface area contributed by atoms with Crippen LogP contribution < -0.4 is 0 Å². The molecule has 1 N–H and O–H groups in total. The van der Waals surface area contributed by atoms with Gasteiger partial charge in [0.1, 0.15) is 5.69 Å². The highest BCUT2D eigenvalue weighted by Gasteiger charge is 2.06. The maximum Gasteiger partial charge on any atom is 0.354 e. The molecule has 0 bridgehead atoms. The van der Waals surface area contributed by atoms with Crippen LogP contribution >= 0.6 is 11.8 Å². The zero-order chi connectivity index (χ0) is 13.8. The van der Waals surface area contributed by atoms with Gasteiger partial charge in [0, 0.05) is 5.75 Å². The number of benzene rings is 1. The molecular formula is C15H15NO2S. The van der Waals surface area contributed by atoms with E-state index in [-0.39, 0.29) is 5.69 Å². The molecule has 98 valence electrons. The number of aromatic carboxylic acids is 1. The smallest absolute Gasteiger partial charge is 0.354 e. The van der Waals surface area contributed by atoms with Crippen LogP contribution in [0.2, 0.25) is 0 Å². The number of pyridine rings is 1. The Morgan fingerprint density at radius 1 is 1.21 bits per heavy atom. The van der Waals surface area contributed by atoms with E-state index in [2.05, 4.69) is 37.0 Å². The number of rotatable bonds is 4. The molecule has 1 aromatic carbocycles. The fraction of sp³-hybridized carbons (Fsp3) is 0.200. The lowest BCUT2D eigenvalue weighted by molar-refractivity contribution is 0.0689. The Kier molecular flexibility index (Phi) is 4.22. The molecule has 0 aliphatic heterocycles. The number of thioether (sulfide) groups is 1. The van der Waals surface area contributed by atoms with Gasteiger partial charge in [-0.1, -0.05) is 35.4 Å². The molecule has 1 heterocycles. The van der Waals surface area contributed by atoms with E-state index < -0.39 is 5.97 Å². The highest BCUT2D eigenvalue weighted by atomic mass is 32.2. The third kappa shape index (κ3) is 3.83. The number of aromatic nitrogens is 1. The number of nitrogens with zero attached hydrogens (tertiary/aromatic N) is 1. The van der Waals surface area contributed by atoms with Crippen LogP contribution in [0.15, 0.2) is 41.4 Å². The molecule has 0 atom stereocenters. The van der Waals surface area contributed by atoms with Crippen LogP contribution in [0, 0.1) is 13.8 Å². The minimum absolute atomic E-state index is 0.0884. The van der Waals surface area contributed by atoms with Crippen LogP contribution in [0.3, 0.4) is 0 Å². The summed E-state index contributed by atoms with van der Waals surface area (Å²) in [6, 6.07) is 11.5. The molecule has 2 aromatic rings. The molecule has 0 saturated heterocycles. The van der Waals surface area contributed by atoms with Crippen molar-refractivity contribution in [1.29, 1.82) is 0 Å². The maximum absolute atomic E-state index is 10.8. The van der Waals surface area contributed by atoms with Gasteiger partial charge in [-0.15, -0.1) is 11.8 Å². The summed E-state index contributed by atoms with van der Waals surface area (Å²) in [6.07, 6.45) is 0. The van der Waals surface area contributed by atoms with Crippen molar-refractivity contribution in [1.82, 2.24) is 4.98 Å². The van der Waals surface area contributed by atoms with Crippen molar-refractivity contribution in [2.24, 2.45) is 0 Å². The number of carbonyl (C=O) groups is 1. The van der Waals surface area contributed by atoms with Gasteiger partial charge < -0.3 is 5.11 Å². The van der Waals surface area contributed by atoms with Gasteiger partial charge in [0.15, 0.2) is 0 Å². The van der Waals surface area contributed by atoms with Crippen LogP contribution in [0.1, 0.15) is 27.2 Å². The van der Waals surface area contributed by atoms with Crippen LogP contribution in [-0.2, 0) is 5.75 Å². The average Bonchev–Trinajstić information content (AvgIpc) is 2.35. The van der Waals surface area contributed by atoms with E-state index >= 15 is 0 Å². The summed E-state index contributed by atoms with van der Waals surface area (Å²) in [5, 5.41) is 9.63. The lowest BCUT2D eigenvalue weighted by Crippen LogP contribution is -2.00. The van der Waals surface area contributed by atoms with E-state index in [1.54, 1.807) is 17.8 Å². The molecule has 0 unspecified atom stereocenters. The Morgan fingerprint density at radius 3 is 2.53 bits per heavy atom. The SMILES string of the molecule is Cc1cc(C)cc(CSc2cccc(C(=O)O)n2)c1. The first kappa shape index (κ1) is 13.6. The van der Waals surface area contributed by atoms with E-state index in [1.165, 1.54) is 22.8 Å². The van der Waals surface area contributed by atoms with Crippen molar-refractivity contribution in [3.8, 4) is 0 Å². The predicted octanol–water partition coefficient (Wildman–Crippen LogP) is 3.69. The molecule has 0 radical (unpaired) electrons. The van der Waals surface area contributed by atoms with Crippen molar-refractivity contribution >= 4 is 17.7 Å². The highest BCUT2D eigenvalue weighted by molar-refractivity contribution is 7.98. The third-order valence-electron chi connectivity index (χ3n) is 2.61. The Labute approximate surface area is 116 Å². The summed E-state index contributed by atoms with van der Waals surface area (Å²) in [6.45, 7) is 4.15. The third-order valence-corrected chi connectivity index (χ3v) is 3.61. The zero-order valence-electron chi connectivity index (χ0n) is 10.9. The molecule has 0 fully saturated rings. The Morgan fingerprint density at radius 2 is 1.89 bits per heavy atom. The van der Waals surface area contributed by atoms with Gasteiger partial charge in [-0.3, -0.25) is 0 Å². The second-order valence-corrected chi connectivity index (χ2v) is 5.45. The van der Waals surface area contributed by atoms with Gasteiger partial charge in [-0.05, 0) is 31.5 Å². The highest BCUT2D eigenvalue weighted by Crippen LogP contribution is 2.22. The first-order valence-corrected chi connectivity index (χ1v) is 6.93. The summed E-state index contributed by atoms with van der Waals surface area (Å²) < 4.78 is 0. The number of aryl methyl sites for hydroxylation is 2. The molecular weight excluding hydrogens is 258 g/mol. The van der Waals surface area contributed by atoms with Crippen molar-refractivity contribution in [3.05, 3.63) is 58.8 Å². The molecule has 4 heteroatoms. The molecule has 0 aliphatic rings. The minimum Gasteiger partial charge on any atom is -0.477 e. The van der Waals surface area contributed by atoms with Gasteiger partial charge in [-0.2, -0.15) is 0 Å². The molecule has 3 nitrogen and oxygen atoms in total. The molecule has 0 amide bonds. The largest absolute Gasteiger partial charge is 0.477 e. The summed E-state index contributed by atoms with van der Waals surface area (Å²) in [5.41, 5.74) is 3.79. The quantitative estimate of drug-likeness (QED) is 0.863. The van der Waals surface area contributed by atoms with Gasteiger partial charge in [0.25, 0.3) is 0 Å². The molecule has 0 aliphatic carbocycles. The summed E-state index contributed by atoms with van der Waals surface area (Å²) in [4.78, 5) is 14.9. The average molecular weight is 273 g/mol. The Hall–Kier alpha value is -1.81. The minimum atomic E-state index is -0.992.